The Morgan fingerprint density at radius 2 is 2.05 bits per heavy atom. The first kappa shape index (κ1) is 12.3. The second-order valence-electron chi connectivity index (χ2n) is 4.65. The minimum absolute atomic E-state index is 0.111. The molecule has 0 bridgehead atoms. The maximum Gasteiger partial charge on any atom is 0.300 e. The summed E-state index contributed by atoms with van der Waals surface area (Å²) in [5, 5.41) is 29.2. The summed E-state index contributed by atoms with van der Waals surface area (Å²) in [5.41, 5.74) is 2.56. The molecule has 22 heavy (non-hydrogen) atoms. The maximum absolute atomic E-state index is 11.0. The lowest BCUT2D eigenvalue weighted by Crippen LogP contribution is -1.94. The van der Waals surface area contributed by atoms with Crippen LogP contribution in [0.2, 0.25) is 0 Å². The third-order valence-electron chi connectivity index (χ3n) is 3.31. The third-order valence-corrected chi connectivity index (χ3v) is 3.31. The molecular weight excluding hydrogens is 288 g/mol. The Hall–Kier alpha value is -3.49. The van der Waals surface area contributed by atoms with Crippen LogP contribution in [0.25, 0.3) is 21.9 Å². The van der Waals surface area contributed by atoms with Crippen molar-refractivity contribution in [3.63, 3.8) is 0 Å². The monoisotopic (exact) mass is 296 g/mol. The van der Waals surface area contributed by atoms with E-state index >= 15 is 0 Å². The van der Waals surface area contributed by atoms with Crippen LogP contribution in [-0.4, -0.2) is 25.4 Å². The zero-order valence-corrected chi connectivity index (χ0v) is 11.0. The molecule has 0 unspecified atom stereocenters. The standard InChI is InChI=1S/C13H8N6O3/c20-19(21)11-4-3-10(12-13(11)18-22-17-12)15-8-1-2-9-7(5-8)6-14-16-9/h1-6,15H,(H,14,16). The summed E-state index contributed by atoms with van der Waals surface area (Å²) < 4.78 is 4.63. The molecule has 0 aliphatic rings. The van der Waals surface area contributed by atoms with E-state index in [4.69, 9.17) is 0 Å². The summed E-state index contributed by atoms with van der Waals surface area (Å²) in [5.74, 6) is 0. The first-order valence-electron chi connectivity index (χ1n) is 6.32. The number of hydrogen-bond acceptors (Lipinski definition) is 7. The fourth-order valence-corrected chi connectivity index (χ4v) is 2.28. The number of aromatic amines is 1. The van der Waals surface area contributed by atoms with Crippen LogP contribution in [0.15, 0.2) is 41.2 Å². The number of nitro groups is 1. The van der Waals surface area contributed by atoms with Crippen molar-refractivity contribution >= 4 is 39.0 Å². The van der Waals surface area contributed by atoms with Gasteiger partial charge in [0.1, 0.15) is 0 Å². The number of nitrogens with one attached hydrogen (secondary N) is 2. The Balaban J connectivity index is 1.79. The summed E-state index contributed by atoms with van der Waals surface area (Å²) in [6, 6.07) is 8.59. The number of anilines is 2. The van der Waals surface area contributed by atoms with Gasteiger partial charge in [0, 0.05) is 17.1 Å². The van der Waals surface area contributed by atoms with Gasteiger partial charge in [0.25, 0.3) is 0 Å². The molecule has 0 saturated heterocycles. The molecule has 0 spiro atoms. The van der Waals surface area contributed by atoms with Crippen LogP contribution in [0.1, 0.15) is 0 Å². The van der Waals surface area contributed by atoms with Crippen LogP contribution in [0.3, 0.4) is 0 Å². The lowest BCUT2D eigenvalue weighted by atomic mass is 10.2. The molecule has 0 atom stereocenters. The van der Waals surface area contributed by atoms with Crippen molar-refractivity contribution < 1.29 is 9.55 Å². The number of nitro benzene ring substituents is 1. The highest BCUT2D eigenvalue weighted by molar-refractivity contribution is 5.95. The predicted molar refractivity (Wildman–Crippen MR) is 77.8 cm³/mol. The number of H-pyrrole nitrogens is 1. The van der Waals surface area contributed by atoms with Crippen LogP contribution in [-0.2, 0) is 0 Å². The first-order valence-corrected chi connectivity index (χ1v) is 6.32. The van der Waals surface area contributed by atoms with Crippen LogP contribution < -0.4 is 5.32 Å². The van der Waals surface area contributed by atoms with E-state index in [1.54, 1.807) is 12.3 Å². The number of fused-ring (bicyclic) bond motifs is 2. The van der Waals surface area contributed by atoms with Gasteiger partial charge in [0.2, 0.25) is 5.52 Å². The smallest absolute Gasteiger partial charge is 0.300 e. The van der Waals surface area contributed by atoms with Gasteiger partial charge in [-0.2, -0.15) is 5.10 Å². The highest BCUT2D eigenvalue weighted by Gasteiger charge is 2.19. The number of aromatic nitrogens is 4. The van der Waals surface area contributed by atoms with E-state index in [2.05, 4.69) is 30.5 Å². The molecule has 2 aromatic carbocycles. The summed E-state index contributed by atoms with van der Waals surface area (Å²) >= 11 is 0. The molecule has 0 aliphatic carbocycles. The van der Waals surface area contributed by atoms with E-state index in [-0.39, 0.29) is 11.2 Å². The van der Waals surface area contributed by atoms with E-state index in [1.165, 1.54) is 6.07 Å². The van der Waals surface area contributed by atoms with Crippen molar-refractivity contribution in [3.8, 4) is 0 Å². The second-order valence-corrected chi connectivity index (χ2v) is 4.65. The number of hydrogen-bond donors (Lipinski definition) is 2. The van der Waals surface area contributed by atoms with Crippen LogP contribution in [0.5, 0.6) is 0 Å². The summed E-state index contributed by atoms with van der Waals surface area (Å²) in [7, 11) is 0. The highest BCUT2D eigenvalue weighted by Crippen LogP contribution is 2.31. The lowest BCUT2D eigenvalue weighted by Gasteiger charge is -2.06. The third kappa shape index (κ3) is 1.84. The number of non-ortho nitro benzene ring substituents is 1. The fourth-order valence-electron chi connectivity index (χ4n) is 2.28. The number of benzene rings is 2. The van der Waals surface area contributed by atoms with Crippen LogP contribution in [0, 0.1) is 10.1 Å². The number of nitrogens with zero attached hydrogens (tertiary/aromatic N) is 4. The summed E-state index contributed by atoms with van der Waals surface area (Å²) in [4.78, 5) is 10.4. The Morgan fingerprint density at radius 3 is 2.91 bits per heavy atom. The van der Waals surface area contributed by atoms with Gasteiger partial charge in [-0.3, -0.25) is 15.2 Å². The molecule has 0 fully saturated rings. The molecule has 2 heterocycles. The summed E-state index contributed by atoms with van der Waals surface area (Å²) in [6.45, 7) is 0. The Kier molecular flexibility index (Phi) is 2.52. The van der Waals surface area contributed by atoms with Crippen molar-refractivity contribution in [2.24, 2.45) is 0 Å². The van der Waals surface area contributed by atoms with Crippen molar-refractivity contribution in [3.05, 3.63) is 46.6 Å². The lowest BCUT2D eigenvalue weighted by molar-refractivity contribution is -0.383. The van der Waals surface area contributed by atoms with Gasteiger partial charge in [-0.15, -0.1) is 0 Å². The zero-order valence-electron chi connectivity index (χ0n) is 11.0. The minimum atomic E-state index is -0.520. The maximum atomic E-state index is 11.0. The normalized spacial score (nSPS) is 11.1. The van der Waals surface area contributed by atoms with Crippen LogP contribution >= 0.6 is 0 Å². The van der Waals surface area contributed by atoms with E-state index in [0.717, 1.165) is 16.6 Å². The largest absolute Gasteiger partial charge is 0.354 e. The Morgan fingerprint density at radius 1 is 1.18 bits per heavy atom. The SMILES string of the molecule is O=[N+]([O-])c1ccc(Nc2ccc3[nH]ncc3c2)c2nonc12. The minimum Gasteiger partial charge on any atom is -0.354 e. The predicted octanol–water partition coefficient (Wildman–Crippen LogP) is 2.75. The molecule has 2 N–H and O–H groups in total. The van der Waals surface area contributed by atoms with Crippen molar-refractivity contribution in [1.82, 2.24) is 20.5 Å². The molecule has 4 aromatic rings. The highest BCUT2D eigenvalue weighted by atomic mass is 16.6. The van der Waals surface area contributed by atoms with Gasteiger partial charge in [-0.1, -0.05) is 0 Å². The molecule has 0 aliphatic heterocycles. The van der Waals surface area contributed by atoms with E-state index in [1.807, 2.05) is 18.2 Å². The molecular formula is C13H8N6O3. The van der Waals surface area contributed by atoms with E-state index in [9.17, 15) is 10.1 Å². The molecule has 0 saturated carbocycles. The molecule has 4 rings (SSSR count). The van der Waals surface area contributed by atoms with Crippen molar-refractivity contribution in [1.29, 1.82) is 0 Å². The van der Waals surface area contributed by atoms with Gasteiger partial charge in [-0.05, 0) is 34.6 Å². The average Bonchev–Trinajstić information content (AvgIpc) is 3.15. The average molecular weight is 296 g/mol. The molecule has 0 radical (unpaired) electrons. The molecule has 108 valence electrons. The molecule has 0 amide bonds. The number of rotatable bonds is 3. The van der Waals surface area contributed by atoms with Gasteiger partial charge >= 0.3 is 5.69 Å². The molecule has 9 nitrogen and oxygen atoms in total. The van der Waals surface area contributed by atoms with Crippen molar-refractivity contribution in [2.45, 2.75) is 0 Å². The second kappa shape index (κ2) is 4.52. The molecule has 2 aromatic heterocycles. The van der Waals surface area contributed by atoms with E-state index in [0.29, 0.717) is 11.2 Å². The topological polar surface area (TPSA) is 123 Å². The van der Waals surface area contributed by atoms with E-state index < -0.39 is 4.92 Å². The Bertz CT molecular complexity index is 1010. The first-order chi connectivity index (χ1) is 10.7. The van der Waals surface area contributed by atoms with Gasteiger partial charge in [0.15, 0.2) is 5.52 Å². The zero-order chi connectivity index (χ0) is 15.1. The molecule has 9 heteroatoms. The Labute approximate surface area is 122 Å². The van der Waals surface area contributed by atoms with Gasteiger partial charge in [-0.25, -0.2) is 4.63 Å². The van der Waals surface area contributed by atoms with Crippen LogP contribution in [0.4, 0.5) is 17.1 Å². The summed E-state index contributed by atoms with van der Waals surface area (Å²) in [6.07, 6.45) is 1.71. The quantitative estimate of drug-likeness (QED) is 0.440. The fraction of sp³-hybridized carbons (Fsp3) is 0. The van der Waals surface area contributed by atoms with Crippen molar-refractivity contribution in [2.75, 3.05) is 5.32 Å². The van der Waals surface area contributed by atoms with Gasteiger partial charge < -0.3 is 5.32 Å². The van der Waals surface area contributed by atoms with Gasteiger partial charge in [0.05, 0.1) is 22.3 Å².